The number of nitrogens with one attached hydrogen (secondary N) is 2. The minimum atomic E-state index is 0. The molecule has 158 valence electrons. The molecule has 3 aromatic rings. The van der Waals surface area contributed by atoms with Crippen LogP contribution in [0.15, 0.2) is 48.5 Å². The maximum Gasteiger partial charge on any atom is 4.00 e. The van der Waals surface area contributed by atoms with Gasteiger partial charge in [0.25, 0.3) is 0 Å². The Labute approximate surface area is 212 Å². The van der Waals surface area contributed by atoms with Crippen LogP contribution in [0.25, 0.3) is 11.1 Å². The molecule has 6 heteroatoms. The molecule has 30 heavy (non-hydrogen) atoms. The van der Waals surface area contributed by atoms with E-state index < -0.39 is 0 Å². The summed E-state index contributed by atoms with van der Waals surface area (Å²) in [6.45, 7) is 4.41. The van der Waals surface area contributed by atoms with Gasteiger partial charge in [0.15, 0.2) is 0 Å². The molecule has 1 aliphatic carbocycles. The zero-order chi connectivity index (χ0) is 19.4. The van der Waals surface area contributed by atoms with Gasteiger partial charge in [-0.1, -0.05) is 36.7 Å². The zero-order valence-electron chi connectivity index (χ0n) is 18.1. The molecule has 4 rings (SSSR count). The number of hydrogen-bond donors (Lipinski definition) is 2. The van der Waals surface area contributed by atoms with Crippen molar-refractivity contribution in [3.63, 3.8) is 0 Å². The molecular weight excluding hydrogens is 494 g/mol. The van der Waals surface area contributed by atoms with E-state index in [-0.39, 0.29) is 51.0 Å². The van der Waals surface area contributed by atoms with Crippen LogP contribution in [0.5, 0.6) is 5.75 Å². The van der Waals surface area contributed by atoms with Crippen molar-refractivity contribution in [3.8, 4) is 16.9 Å². The number of halogens is 2. The fourth-order valence-electron chi connectivity index (χ4n) is 3.44. The van der Waals surface area contributed by atoms with Gasteiger partial charge in [-0.2, -0.15) is 23.8 Å². The second-order valence-electron chi connectivity index (χ2n) is 7.03. The largest absolute Gasteiger partial charge is 4.00 e. The summed E-state index contributed by atoms with van der Waals surface area (Å²) >= 11 is 0. The fourth-order valence-corrected chi connectivity index (χ4v) is 3.44. The van der Waals surface area contributed by atoms with Crippen LogP contribution in [-0.2, 0) is 32.6 Å². The standard InChI is InChI=1S/C16H17N2O.C8H11.2ClH.Zr/c1-17-12-4-5-14-10(7-12)6-11-8-13(18-2)9-15(19-3)16(11)14;1-7(2)8-5-3-4-6-8;;;/h4-5,7,9,17-18H,6H2,1-3H3;3-7H,1-2H3;2*1H;/q2*-1;;;+4/p-2. The molecule has 0 unspecified atom stereocenters. The van der Waals surface area contributed by atoms with Crippen molar-refractivity contribution >= 4 is 11.4 Å². The van der Waals surface area contributed by atoms with Crippen molar-refractivity contribution in [1.82, 2.24) is 0 Å². The minimum Gasteiger partial charge on any atom is -1.00 e. The predicted molar refractivity (Wildman–Crippen MR) is 115 cm³/mol. The molecular formula is C24H28Cl2N2OZr. The third kappa shape index (κ3) is 6.33. The van der Waals surface area contributed by atoms with E-state index in [1.165, 1.54) is 27.8 Å². The molecule has 0 spiro atoms. The molecule has 0 atom stereocenters. The van der Waals surface area contributed by atoms with E-state index in [1.54, 1.807) is 7.11 Å². The van der Waals surface area contributed by atoms with Crippen LogP contribution >= 0.6 is 0 Å². The van der Waals surface area contributed by atoms with Crippen LogP contribution < -0.4 is 40.2 Å². The molecule has 2 N–H and O–H groups in total. The Morgan fingerprint density at radius 1 is 1.07 bits per heavy atom. The number of ether oxygens (including phenoxy) is 1. The molecule has 0 aliphatic heterocycles. The van der Waals surface area contributed by atoms with Gasteiger partial charge in [-0.3, -0.25) is 0 Å². The van der Waals surface area contributed by atoms with Crippen molar-refractivity contribution in [2.45, 2.75) is 26.2 Å². The topological polar surface area (TPSA) is 33.3 Å². The van der Waals surface area contributed by atoms with Crippen molar-refractivity contribution < 1.29 is 55.8 Å². The average molecular weight is 523 g/mol. The maximum atomic E-state index is 5.54. The summed E-state index contributed by atoms with van der Waals surface area (Å²) in [7, 11) is 5.56. The van der Waals surface area contributed by atoms with Gasteiger partial charge >= 0.3 is 26.2 Å². The van der Waals surface area contributed by atoms with Gasteiger partial charge in [0.05, 0.1) is 7.11 Å². The molecule has 0 bridgehead atoms. The number of hydrogen-bond acceptors (Lipinski definition) is 3. The Hall–Kier alpha value is -1.35. The molecule has 3 aromatic carbocycles. The van der Waals surface area contributed by atoms with Gasteiger partial charge in [0.2, 0.25) is 0 Å². The van der Waals surface area contributed by atoms with Crippen LogP contribution in [0.1, 0.15) is 36.5 Å². The Morgan fingerprint density at radius 3 is 2.30 bits per heavy atom. The smallest absolute Gasteiger partial charge is 1.00 e. The van der Waals surface area contributed by atoms with Gasteiger partial charge in [0, 0.05) is 25.5 Å². The normalized spacial score (nSPS) is 10.2. The molecule has 0 heterocycles. The number of anilines is 2. The first-order chi connectivity index (χ1) is 13.1. The number of fused-ring (bicyclic) bond motifs is 3. The van der Waals surface area contributed by atoms with Crippen molar-refractivity contribution in [3.05, 3.63) is 71.3 Å². The molecule has 3 nitrogen and oxygen atoms in total. The van der Waals surface area contributed by atoms with E-state index in [9.17, 15) is 0 Å². The van der Waals surface area contributed by atoms with Gasteiger partial charge in [0.1, 0.15) is 0 Å². The third-order valence-corrected chi connectivity index (χ3v) is 4.98. The van der Waals surface area contributed by atoms with Gasteiger partial charge in [-0.25, -0.2) is 12.1 Å². The molecule has 0 aromatic heterocycles. The average Bonchev–Trinajstić information content (AvgIpc) is 3.34. The first kappa shape index (κ1) is 28.7. The molecule has 0 amide bonds. The Kier molecular flexibility index (Phi) is 12.6. The van der Waals surface area contributed by atoms with E-state index in [1.807, 2.05) is 20.2 Å². The zero-order valence-corrected chi connectivity index (χ0v) is 22.0. The summed E-state index contributed by atoms with van der Waals surface area (Å²) in [5.41, 5.74) is 8.50. The van der Waals surface area contributed by atoms with Gasteiger partial charge < -0.3 is 40.2 Å². The van der Waals surface area contributed by atoms with Gasteiger partial charge in [-0.15, -0.1) is 11.6 Å². The SMILES string of the molecule is CC(C)c1ccc[cH-]1.CNc1[c-]c2c(c(OC)c1)-c1ccc(NC)cc1C2.[Cl-].[Cl-].[Zr+4]. The Balaban J connectivity index is 0.000000659. The predicted octanol–water partition coefficient (Wildman–Crippen LogP) is -0.316. The van der Waals surface area contributed by atoms with E-state index in [4.69, 9.17) is 4.74 Å². The molecule has 0 saturated heterocycles. The molecule has 0 saturated carbocycles. The molecule has 1 aliphatic rings. The van der Waals surface area contributed by atoms with E-state index in [0.29, 0.717) is 5.92 Å². The quantitative estimate of drug-likeness (QED) is 0.361. The van der Waals surface area contributed by atoms with Crippen LogP contribution in [0, 0.1) is 6.07 Å². The summed E-state index contributed by atoms with van der Waals surface area (Å²) < 4.78 is 5.54. The summed E-state index contributed by atoms with van der Waals surface area (Å²) in [5, 5.41) is 6.31. The third-order valence-electron chi connectivity index (χ3n) is 4.98. The van der Waals surface area contributed by atoms with Crippen LogP contribution in [0.2, 0.25) is 0 Å². The fraction of sp³-hybridized carbons (Fsp3) is 0.292. The molecule has 0 radical (unpaired) electrons. The van der Waals surface area contributed by atoms with Crippen molar-refractivity contribution in [2.75, 3.05) is 31.8 Å². The number of rotatable bonds is 4. The summed E-state index contributed by atoms with van der Waals surface area (Å²) in [5.74, 6) is 1.60. The minimum absolute atomic E-state index is 0. The summed E-state index contributed by atoms with van der Waals surface area (Å²) in [6.07, 6.45) is 0.909. The first-order valence-corrected chi connectivity index (χ1v) is 9.41. The summed E-state index contributed by atoms with van der Waals surface area (Å²) in [6, 6.07) is 20.3. The Bertz CT molecular complexity index is 912. The van der Waals surface area contributed by atoms with E-state index in [2.05, 4.69) is 73.0 Å². The van der Waals surface area contributed by atoms with Crippen molar-refractivity contribution in [2.24, 2.45) is 0 Å². The van der Waals surface area contributed by atoms with Crippen LogP contribution in [-0.4, -0.2) is 21.2 Å². The van der Waals surface area contributed by atoms with Crippen LogP contribution in [0.4, 0.5) is 11.4 Å². The van der Waals surface area contributed by atoms with Crippen LogP contribution in [0.3, 0.4) is 0 Å². The number of benzene rings is 2. The van der Waals surface area contributed by atoms with Gasteiger partial charge in [-0.05, 0) is 30.0 Å². The second kappa shape index (κ2) is 13.1. The molecule has 0 fully saturated rings. The monoisotopic (exact) mass is 520 g/mol. The number of methoxy groups -OCH3 is 1. The van der Waals surface area contributed by atoms with E-state index >= 15 is 0 Å². The summed E-state index contributed by atoms with van der Waals surface area (Å²) in [4.78, 5) is 0. The first-order valence-electron chi connectivity index (χ1n) is 9.41. The Morgan fingerprint density at radius 2 is 1.80 bits per heavy atom. The van der Waals surface area contributed by atoms with Crippen molar-refractivity contribution in [1.29, 1.82) is 0 Å². The van der Waals surface area contributed by atoms with E-state index in [0.717, 1.165) is 23.5 Å². The maximum absolute atomic E-state index is 5.54. The second-order valence-corrected chi connectivity index (χ2v) is 7.03.